The molecular weight excluding hydrogens is 258 g/mol. The standard InChI is InChI=1S/C15H19NO2S/c1-17-11-5-6-14(18-2)13(10-11)12(7-8-16)15-4-3-9-19-15/h3-6,9-10,12H,7-8,16H2,1-2H3. The molecule has 0 aliphatic carbocycles. The van der Waals surface area contributed by atoms with Crippen LogP contribution in [0.25, 0.3) is 0 Å². The summed E-state index contributed by atoms with van der Waals surface area (Å²) in [5.41, 5.74) is 6.90. The molecule has 102 valence electrons. The van der Waals surface area contributed by atoms with Crippen molar-refractivity contribution < 1.29 is 9.47 Å². The van der Waals surface area contributed by atoms with Gasteiger partial charge in [0.25, 0.3) is 0 Å². The van der Waals surface area contributed by atoms with Crippen molar-refractivity contribution >= 4 is 11.3 Å². The van der Waals surface area contributed by atoms with E-state index in [-0.39, 0.29) is 5.92 Å². The summed E-state index contributed by atoms with van der Waals surface area (Å²) in [6, 6.07) is 10.1. The number of rotatable bonds is 6. The normalized spacial score (nSPS) is 12.2. The Balaban J connectivity index is 2.45. The van der Waals surface area contributed by atoms with Gasteiger partial charge in [-0.3, -0.25) is 0 Å². The zero-order valence-electron chi connectivity index (χ0n) is 11.3. The highest BCUT2D eigenvalue weighted by Crippen LogP contribution is 2.38. The highest BCUT2D eigenvalue weighted by atomic mass is 32.1. The molecule has 2 N–H and O–H groups in total. The SMILES string of the molecule is COc1ccc(OC)c(C(CCN)c2cccs2)c1. The highest BCUT2D eigenvalue weighted by molar-refractivity contribution is 7.10. The molecule has 0 fully saturated rings. The second-order valence-electron chi connectivity index (χ2n) is 4.25. The topological polar surface area (TPSA) is 44.5 Å². The first-order chi connectivity index (χ1) is 9.30. The molecule has 1 heterocycles. The first-order valence-corrected chi connectivity index (χ1v) is 7.13. The van der Waals surface area contributed by atoms with Crippen LogP contribution in [0.15, 0.2) is 35.7 Å². The van der Waals surface area contributed by atoms with Gasteiger partial charge in [0.15, 0.2) is 0 Å². The largest absolute Gasteiger partial charge is 0.497 e. The van der Waals surface area contributed by atoms with Crippen molar-refractivity contribution in [3.05, 3.63) is 46.2 Å². The Bertz CT molecular complexity index is 511. The zero-order chi connectivity index (χ0) is 13.7. The first-order valence-electron chi connectivity index (χ1n) is 6.25. The Labute approximate surface area is 118 Å². The first kappa shape index (κ1) is 13.9. The molecular formula is C15H19NO2S. The van der Waals surface area contributed by atoms with Crippen molar-refractivity contribution in [2.24, 2.45) is 5.73 Å². The molecule has 0 saturated carbocycles. The average molecular weight is 277 g/mol. The maximum Gasteiger partial charge on any atom is 0.122 e. The summed E-state index contributed by atoms with van der Waals surface area (Å²) in [5.74, 6) is 1.98. The minimum Gasteiger partial charge on any atom is -0.497 e. The van der Waals surface area contributed by atoms with Gasteiger partial charge in [-0.2, -0.15) is 0 Å². The molecule has 1 atom stereocenters. The average Bonchev–Trinajstić information content (AvgIpc) is 2.98. The van der Waals surface area contributed by atoms with Crippen LogP contribution in [0.4, 0.5) is 0 Å². The van der Waals surface area contributed by atoms with Gasteiger partial charge in [0, 0.05) is 16.4 Å². The third-order valence-electron chi connectivity index (χ3n) is 3.15. The molecule has 0 radical (unpaired) electrons. The Kier molecular flexibility index (Phi) is 4.82. The molecule has 1 unspecified atom stereocenters. The third kappa shape index (κ3) is 3.08. The van der Waals surface area contributed by atoms with Crippen molar-refractivity contribution in [1.82, 2.24) is 0 Å². The zero-order valence-corrected chi connectivity index (χ0v) is 12.1. The lowest BCUT2D eigenvalue weighted by atomic mass is 9.93. The number of hydrogen-bond acceptors (Lipinski definition) is 4. The predicted molar refractivity (Wildman–Crippen MR) is 79.4 cm³/mol. The summed E-state index contributed by atoms with van der Waals surface area (Å²) in [6.07, 6.45) is 0.893. The van der Waals surface area contributed by atoms with Crippen LogP contribution in [-0.2, 0) is 0 Å². The lowest BCUT2D eigenvalue weighted by molar-refractivity contribution is 0.396. The van der Waals surface area contributed by atoms with Gasteiger partial charge in [-0.1, -0.05) is 6.07 Å². The van der Waals surface area contributed by atoms with Crippen LogP contribution in [0, 0.1) is 0 Å². The maximum absolute atomic E-state index is 5.77. The van der Waals surface area contributed by atoms with Crippen LogP contribution in [-0.4, -0.2) is 20.8 Å². The van der Waals surface area contributed by atoms with E-state index in [0.717, 1.165) is 23.5 Å². The van der Waals surface area contributed by atoms with E-state index in [9.17, 15) is 0 Å². The van der Waals surface area contributed by atoms with Gasteiger partial charge in [0.2, 0.25) is 0 Å². The summed E-state index contributed by atoms with van der Waals surface area (Å²) in [6.45, 7) is 0.642. The number of methoxy groups -OCH3 is 2. The smallest absolute Gasteiger partial charge is 0.122 e. The van der Waals surface area contributed by atoms with Crippen molar-refractivity contribution in [2.45, 2.75) is 12.3 Å². The Morgan fingerprint density at radius 1 is 1.21 bits per heavy atom. The molecule has 0 aliphatic rings. The van der Waals surface area contributed by atoms with E-state index in [1.54, 1.807) is 25.6 Å². The summed E-state index contributed by atoms with van der Waals surface area (Å²) in [5, 5.41) is 2.09. The second-order valence-corrected chi connectivity index (χ2v) is 5.23. The predicted octanol–water partition coefficient (Wildman–Crippen LogP) is 3.25. The van der Waals surface area contributed by atoms with E-state index in [4.69, 9.17) is 15.2 Å². The molecule has 19 heavy (non-hydrogen) atoms. The van der Waals surface area contributed by atoms with E-state index in [2.05, 4.69) is 17.5 Å². The maximum atomic E-state index is 5.77. The minimum atomic E-state index is 0.259. The van der Waals surface area contributed by atoms with E-state index < -0.39 is 0 Å². The minimum absolute atomic E-state index is 0.259. The Hall–Kier alpha value is -1.52. The number of hydrogen-bond donors (Lipinski definition) is 1. The van der Waals surface area contributed by atoms with Crippen LogP contribution < -0.4 is 15.2 Å². The molecule has 0 bridgehead atoms. The molecule has 2 aromatic rings. The molecule has 4 heteroatoms. The number of benzene rings is 1. The van der Waals surface area contributed by atoms with Crippen molar-refractivity contribution in [3.8, 4) is 11.5 Å². The summed E-state index contributed by atoms with van der Waals surface area (Å²) in [4.78, 5) is 1.30. The van der Waals surface area contributed by atoms with Crippen LogP contribution in [0.3, 0.4) is 0 Å². The van der Waals surface area contributed by atoms with Gasteiger partial charge in [-0.15, -0.1) is 11.3 Å². The summed E-state index contributed by atoms with van der Waals surface area (Å²) < 4.78 is 10.8. The fourth-order valence-electron chi connectivity index (χ4n) is 2.22. The van der Waals surface area contributed by atoms with Crippen LogP contribution in [0.1, 0.15) is 22.8 Å². The monoisotopic (exact) mass is 277 g/mol. The molecule has 1 aromatic heterocycles. The van der Waals surface area contributed by atoms with Gasteiger partial charge < -0.3 is 15.2 Å². The second kappa shape index (κ2) is 6.59. The van der Waals surface area contributed by atoms with Crippen LogP contribution >= 0.6 is 11.3 Å². The molecule has 0 amide bonds. The molecule has 1 aromatic carbocycles. The Morgan fingerprint density at radius 3 is 2.63 bits per heavy atom. The third-order valence-corrected chi connectivity index (χ3v) is 4.14. The van der Waals surface area contributed by atoms with Gasteiger partial charge in [-0.05, 0) is 42.6 Å². The van der Waals surface area contributed by atoms with Crippen molar-refractivity contribution in [1.29, 1.82) is 0 Å². The molecule has 0 saturated heterocycles. The van der Waals surface area contributed by atoms with Crippen LogP contribution in [0.5, 0.6) is 11.5 Å². The quantitative estimate of drug-likeness (QED) is 0.881. The van der Waals surface area contributed by atoms with Gasteiger partial charge in [0.1, 0.15) is 11.5 Å². The summed E-state index contributed by atoms with van der Waals surface area (Å²) >= 11 is 1.75. The lowest BCUT2D eigenvalue weighted by Gasteiger charge is -2.19. The van der Waals surface area contributed by atoms with Crippen molar-refractivity contribution in [3.63, 3.8) is 0 Å². The fraction of sp³-hybridized carbons (Fsp3) is 0.333. The molecule has 0 spiro atoms. The van der Waals surface area contributed by atoms with Gasteiger partial charge in [-0.25, -0.2) is 0 Å². The fourth-order valence-corrected chi connectivity index (χ4v) is 3.10. The number of thiophene rings is 1. The Morgan fingerprint density at radius 2 is 2.05 bits per heavy atom. The van der Waals surface area contributed by atoms with Crippen molar-refractivity contribution in [2.75, 3.05) is 20.8 Å². The van der Waals surface area contributed by atoms with Gasteiger partial charge >= 0.3 is 0 Å². The summed E-state index contributed by atoms with van der Waals surface area (Å²) in [7, 11) is 3.37. The van der Waals surface area contributed by atoms with Gasteiger partial charge in [0.05, 0.1) is 14.2 Å². The molecule has 2 rings (SSSR count). The number of ether oxygens (including phenoxy) is 2. The van der Waals surface area contributed by atoms with Crippen LogP contribution in [0.2, 0.25) is 0 Å². The molecule has 3 nitrogen and oxygen atoms in total. The van der Waals surface area contributed by atoms with E-state index in [1.165, 1.54) is 4.88 Å². The highest BCUT2D eigenvalue weighted by Gasteiger charge is 2.19. The van der Waals surface area contributed by atoms with E-state index in [0.29, 0.717) is 6.54 Å². The van der Waals surface area contributed by atoms with E-state index >= 15 is 0 Å². The lowest BCUT2D eigenvalue weighted by Crippen LogP contribution is -2.09. The van der Waals surface area contributed by atoms with E-state index in [1.807, 2.05) is 18.2 Å². The number of nitrogens with two attached hydrogens (primary N) is 1. The molecule has 0 aliphatic heterocycles.